The van der Waals surface area contributed by atoms with E-state index in [1.807, 2.05) is 25.1 Å². The number of methoxy groups -OCH3 is 3. The lowest BCUT2D eigenvalue weighted by molar-refractivity contribution is -0.934. The van der Waals surface area contributed by atoms with Gasteiger partial charge in [0.25, 0.3) is 0 Å². The third kappa shape index (κ3) is 10.7. The molecule has 0 bridgehead atoms. The molecule has 0 aromatic heterocycles. The van der Waals surface area contributed by atoms with Crippen molar-refractivity contribution in [1.82, 2.24) is 5.32 Å². The molecular weight excluding hydrogens is 720 g/mol. The van der Waals surface area contributed by atoms with Crippen molar-refractivity contribution in [3.63, 3.8) is 0 Å². The van der Waals surface area contributed by atoms with E-state index < -0.39 is 0 Å². The Morgan fingerprint density at radius 2 is 1.61 bits per heavy atom. The van der Waals surface area contributed by atoms with Crippen LogP contribution in [-0.4, -0.2) is 76.6 Å². The highest BCUT2D eigenvalue weighted by atomic mass is 127. The van der Waals surface area contributed by atoms with Crippen molar-refractivity contribution in [2.24, 2.45) is 11.8 Å². The van der Waals surface area contributed by atoms with E-state index in [1.54, 1.807) is 12.1 Å². The lowest BCUT2D eigenvalue weighted by atomic mass is 9.87. The number of esters is 1. The van der Waals surface area contributed by atoms with Crippen LogP contribution in [0.2, 0.25) is 10.0 Å². The van der Waals surface area contributed by atoms with Crippen LogP contribution >= 0.6 is 23.2 Å². The molecule has 2 aromatic rings. The van der Waals surface area contributed by atoms with E-state index in [1.165, 1.54) is 26.9 Å². The van der Waals surface area contributed by atoms with E-state index in [0.29, 0.717) is 65.0 Å². The number of ether oxygens (including phenoxy) is 4. The molecule has 1 atom stereocenters. The molecule has 2 aromatic carbocycles. The van der Waals surface area contributed by atoms with E-state index in [-0.39, 0.29) is 47.9 Å². The SMILES string of the molecule is CCOC(=O)CC[N+]1(CC(NC(=O)Nc2cc(OC)c(OC)c(OC)c2)C(C)C)CCC(Cc2ccc(Cl)c(Cl)c2)CC1.[I-]. The summed E-state index contributed by atoms with van der Waals surface area (Å²) in [5.41, 5.74) is 1.69. The Morgan fingerprint density at radius 3 is 2.14 bits per heavy atom. The molecule has 1 unspecified atom stereocenters. The van der Waals surface area contributed by atoms with Crippen LogP contribution in [0.5, 0.6) is 17.2 Å². The predicted octanol–water partition coefficient (Wildman–Crippen LogP) is 3.59. The van der Waals surface area contributed by atoms with Gasteiger partial charge in [0.05, 0.1) is 82.3 Å². The highest BCUT2D eigenvalue weighted by molar-refractivity contribution is 6.42. The predicted molar refractivity (Wildman–Crippen MR) is 171 cm³/mol. The summed E-state index contributed by atoms with van der Waals surface area (Å²) in [6.07, 6.45) is 3.28. The van der Waals surface area contributed by atoms with Crippen LogP contribution < -0.4 is 48.8 Å². The number of rotatable bonds is 14. The lowest BCUT2D eigenvalue weighted by Gasteiger charge is -2.46. The molecule has 9 nitrogen and oxygen atoms in total. The van der Waals surface area contributed by atoms with Crippen molar-refractivity contribution < 1.29 is 57.0 Å². The number of piperidine rings is 1. The minimum atomic E-state index is -0.328. The second-order valence-corrected chi connectivity index (χ2v) is 12.3. The van der Waals surface area contributed by atoms with Gasteiger partial charge in [-0.1, -0.05) is 43.1 Å². The number of likely N-dealkylation sites (tertiary alicyclic amines) is 1. The zero-order valence-electron chi connectivity index (χ0n) is 26.5. The summed E-state index contributed by atoms with van der Waals surface area (Å²) in [5.74, 6) is 1.82. The van der Waals surface area contributed by atoms with Crippen molar-refractivity contribution >= 4 is 40.9 Å². The van der Waals surface area contributed by atoms with Crippen molar-refractivity contribution in [2.75, 3.05) is 59.4 Å². The molecule has 0 aliphatic carbocycles. The summed E-state index contributed by atoms with van der Waals surface area (Å²) in [7, 11) is 4.59. The average Bonchev–Trinajstić information content (AvgIpc) is 2.98. The maximum absolute atomic E-state index is 13.2. The van der Waals surface area contributed by atoms with Crippen molar-refractivity contribution in [3.8, 4) is 17.2 Å². The summed E-state index contributed by atoms with van der Waals surface area (Å²) < 4.78 is 22.2. The first-order valence-corrected chi connectivity index (χ1v) is 15.6. The van der Waals surface area contributed by atoms with Gasteiger partial charge in [-0.05, 0) is 55.7 Å². The van der Waals surface area contributed by atoms with Crippen LogP contribution in [0.25, 0.3) is 0 Å². The molecule has 2 amide bonds. The van der Waals surface area contributed by atoms with Gasteiger partial charge in [-0.15, -0.1) is 0 Å². The highest BCUT2D eigenvalue weighted by Gasteiger charge is 2.38. The van der Waals surface area contributed by atoms with E-state index in [9.17, 15) is 9.59 Å². The normalized spacial score (nSPS) is 18.5. The van der Waals surface area contributed by atoms with E-state index in [2.05, 4.69) is 24.5 Å². The first-order valence-electron chi connectivity index (χ1n) is 14.8. The number of halogens is 3. The molecule has 1 aliphatic heterocycles. The number of anilines is 1. The minimum absolute atomic E-state index is 0. The van der Waals surface area contributed by atoms with Gasteiger partial charge in [-0.2, -0.15) is 0 Å². The number of hydrogen-bond acceptors (Lipinski definition) is 6. The highest BCUT2D eigenvalue weighted by Crippen LogP contribution is 2.40. The monoisotopic (exact) mass is 765 g/mol. The number of nitrogens with one attached hydrogen (secondary N) is 2. The van der Waals surface area contributed by atoms with Crippen LogP contribution in [0.3, 0.4) is 0 Å². The van der Waals surface area contributed by atoms with Gasteiger partial charge in [0.1, 0.15) is 0 Å². The van der Waals surface area contributed by atoms with Gasteiger partial charge >= 0.3 is 12.0 Å². The van der Waals surface area contributed by atoms with Gasteiger partial charge in [0, 0.05) is 12.1 Å². The number of hydrogen-bond donors (Lipinski definition) is 2. The van der Waals surface area contributed by atoms with E-state index in [4.69, 9.17) is 42.1 Å². The number of amides is 2. The van der Waals surface area contributed by atoms with Crippen molar-refractivity contribution in [2.45, 2.75) is 52.5 Å². The molecule has 1 fully saturated rings. The van der Waals surface area contributed by atoms with Crippen molar-refractivity contribution in [1.29, 1.82) is 0 Å². The molecule has 12 heteroatoms. The summed E-state index contributed by atoms with van der Waals surface area (Å²) in [6, 6.07) is 8.77. The van der Waals surface area contributed by atoms with E-state index in [0.717, 1.165) is 36.8 Å². The molecule has 1 saturated heterocycles. The standard InChI is InChI=1S/C32H45Cl2N3O6.HI/c1-7-43-30(38)12-15-37(13-10-22(11-14-37)16-23-8-9-25(33)26(34)17-23)20-27(21(2)3)36-32(39)35-24-18-28(40-4)31(42-6)29(19-24)41-5;/h8-9,17-19,21-22,27H,7,10-16,20H2,1-6H3,(H-,35,36,39);1H. The fourth-order valence-electron chi connectivity index (χ4n) is 5.76. The number of carbonyl (C=O) groups is 2. The average molecular weight is 767 g/mol. The second-order valence-electron chi connectivity index (χ2n) is 11.5. The minimum Gasteiger partial charge on any atom is -1.00 e. The van der Waals surface area contributed by atoms with Gasteiger partial charge < -0.3 is 58.0 Å². The van der Waals surface area contributed by atoms with Gasteiger partial charge in [0.2, 0.25) is 5.75 Å². The summed E-state index contributed by atoms with van der Waals surface area (Å²) in [5, 5.41) is 7.25. The molecule has 3 rings (SSSR count). The van der Waals surface area contributed by atoms with Crippen LogP contribution in [0.15, 0.2) is 30.3 Å². The molecule has 1 heterocycles. The fourth-order valence-corrected chi connectivity index (χ4v) is 6.08. The fraction of sp³-hybridized carbons (Fsp3) is 0.562. The van der Waals surface area contributed by atoms with Gasteiger partial charge in [0.15, 0.2) is 11.5 Å². The largest absolute Gasteiger partial charge is 1.00 e. The Bertz CT molecular complexity index is 1220. The summed E-state index contributed by atoms with van der Waals surface area (Å²) in [4.78, 5) is 25.6. The smallest absolute Gasteiger partial charge is 0.319 e. The van der Waals surface area contributed by atoms with Gasteiger partial charge in [-0.25, -0.2) is 4.79 Å². The third-order valence-corrected chi connectivity index (χ3v) is 8.99. The number of nitrogens with zero attached hydrogens (tertiary/aromatic N) is 1. The number of urea groups is 1. The number of quaternary nitrogens is 1. The maximum atomic E-state index is 13.2. The molecule has 0 radical (unpaired) electrons. The molecular formula is C32H46Cl2IN3O6. The van der Waals surface area contributed by atoms with E-state index >= 15 is 0 Å². The zero-order chi connectivity index (χ0) is 31.6. The Labute approximate surface area is 288 Å². The second kappa shape index (κ2) is 18.1. The Balaban J connectivity index is 0.00000675. The van der Waals surface area contributed by atoms with Crippen LogP contribution in [0, 0.1) is 11.8 Å². The van der Waals surface area contributed by atoms with Gasteiger partial charge in [-0.3, -0.25) is 4.79 Å². The Kier molecular flexibility index (Phi) is 15.7. The molecule has 0 spiro atoms. The Morgan fingerprint density at radius 1 is 0.977 bits per heavy atom. The summed E-state index contributed by atoms with van der Waals surface area (Å²) in [6.45, 7) is 9.57. The molecule has 2 N–H and O–H groups in total. The quantitative estimate of drug-likeness (QED) is 0.174. The first-order chi connectivity index (χ1) is 20.5. The van der Waals surface area contributed by atoms with Crippen LogP contribution in [-0.2, 0) is 16.0 Å². The van der Waals surface area contributed by atoms with Crippen LogP contribution in [0.1, 0.15) is 45.6 Å². The third-order valence-electron chi connectivity index (χ3n) is 8.26. The Hall–Kier alpha value is -2.15. The zero-order valence-corrected chi connectivity index (χ0v) is 30.2. The molecule has 44 heavy (non-hydrogen) atoms. The molecule has 246 valence electrons. The van der Waals surface area contributed by atoms with Crippen molar-refractivity contribution in [3.05, 3.63) is 45.9 Å². The topological polar surface area (TPSA) is 95.1 Å². The summed E-state index contributed by atoms with van der Waals surface area (Å²) >= 11 is 12.4. The maximum Gasteiger partial charge on any atom is 0.319 e. The number of benzene rings is 2. The first kappa shape index (κ1) is 38.0. The lowest BCUT2D eigenvalue weighted by Crippen LogP contribution is -3.00. The number of carbonyl (C=O) groups excluding carboxylic acids is 2. The molecule has 1 aliphatic rings. The van der Waals surface area contributed by atoms with Crippen LogP contribution in [0.4, 0.5) is 10.5 Å². The molecule has 0 saturated carbocycles.